The molecule has 1 N–H and O–H groups in total. The van der Waals surface area contributed by atoms with Crippen molar-refractivity contribution < 1.29 is 9.47 Å². The van der Waals surface area contributed by atoms with Crippen LogP contribution in [0.2, 0.25) is 0 Å². The molecular formula is C16H25NO2. The fraction of sp³-hybridized carbons (Fsp3) is 0.625. The van der Waals surface area contributed by atoms with Crippen LogP contribution in [0.25, 0.3) is 0 Å². The van der Waals surface area contributed by atoms with Crippen LogP contribution in [0.3, 0.4) is 0 Å². The van der Waals surface area contributed by atoms with E-state index >= 15 is 0 Å². The van der Waals surface area contributed by atoms with Gasteiger partial charge in [0.1, 0.15) is 5.75 Å². The third-order valence-electron chi connectivity index (χ3n) is 3.66. The van der Waals surface area contributed by atoms with E-state index in [1.807, 2.05) is 6.92 Å². The fourth-order valence-electron chi connectivity index (χ4n) is 2.76. The van der Waals surface area contributed by atoms with Gasteiger partial charge in [0.15, 0.2) is 0 Å². The molecule has 2 atom stereocenters. The van der Waals surface area contributed by atoms with Crippen LogP contribution in [-0.2, 0) is 4.74 Å². The lowest BCUT2D eigenvalue weighted by Gasteiger charge is -2.26. The molecule has 3 heteroatoms. The molecule has 0 aromatic heterocycles. The minimum Gasteiger partial charge on any atom is -0.494 e. The zero-order chi connectivity index (χ0) is 13.7. The first-order valence-electron chi connectivity index (χ1n) is 7.30. The molecule has 0 amide bonds. The minimum atomic E-state index is 0.328. The minimum absolute atomic E-state index is 0.328. The van der Waals surface area contributed by atoms with E-state index in [1.54, 1.807) is 0 Å². The number of rotatable bonds is 6. The summed E-state index contributed by atoms with van der Waals surface area (Å²) in [6.07, 6.45) is 1.12. The van der Waals surface area contributed by atoms with Crippen LogP contribution in [0, 0.1) is 12.8 Å². The fourth-order valence-corrected chi connectivity index (χ4v) is 2.76. The van der Waals surface area contributed by atoms with Crippen molar-refractivity contribution in [1.82, 2.24) is 5.32 Å². The Morgan fingerprint density at radius 1 is 1.42 bits per heavy atom. The van der Waals surface area contributed by atoms with Crippen molar-refractivity contribution in [2.75, 3.05) is 26.4 Å². The van der Waals surface area contributed by atoms with E-state index in [0.717, 1.165) is 31.9 Å². The predicted molar refractivity (Wildman–Crippen MR) is 77.7 cm³/mol. The van der Waals surface area contributed by atoms with Crippen molar-refractivity contribution in [2.45, 2.75) is 33.2 Å². The second-order valence-corrected chi connectivity index (χ2v) is 5.13. The molecule has 1 saturated heterocycles. The molecule has 0 spiro atoms. The third-order valence-corrected chi connectivity index (χ3v) is 3.66. The maximum absolute atomic E-state index is 5.80. The Morgan fingerprint density at radius 2 is 2.26 bits per heavy atom. The molecule has 2 unspecified atom stereocenters. The van der Waals surface area contributed by atoms with Crippen molar-refractivity contribution in [2.24, 2.45) is 5.92 Å². The largest absolute Gasteiger partial charge is 0.494 e. The van der Waals surface area contributed by atoms with Gasteiger partial charge in [-0.1, -0.05) is 24.6 Å². The molecule has 0 bridgehead atoms. The highest BCUT2D eigenvalue weighted by molar-refractivity contribution is 5.39. The van der Waals surface area contributed by atoms with E-state index in [9.17, 15) is 0 Å². The summed E-state index contributed by atoms with van der Waals surface area (Å²) in [5.41, 5.74) is 2.56. The maximum Gasteiger partial charge on any atom is 0.124 e. The maximum atomic E-state index is 5.80. The van der Waals surface area contributed by atoms with Gasteiger partial charge in [0.25, 0.3) is 0 Å². The first-order valence-corrected chi connectivity index (χ1v) is 7.30. The van der Waals surface area contributed by atoms with Crippen LogP contribution in [0.5, 0.6) is 5.75 Å². The summed E-state index contributed by atoms with van der Waals surface area (Å²) < 4.78 is 11.4. The molecule has 1 heterocycles. The van der Waals surface area contributed by atoms with Gasteiger partial charge in [-0.2, -0.15) is 0 Å². The molecule has 0 radical (unpaired) electrons. The number of aryl methyl sites for hydroxylation is 1. The van der Waals surface area contributed by atoms with E-state index in [1.165, 1.54) is 11.1 Å². The molecule has 2 rings (SSSR count). The van der Waals surface area contributed by atoms with Gasteiger partial charge < -0.3 is 14.8 Å². The first-order chi connectivity index (χ1) is 9.26. The van der Waals surface area contributed by atoms with Gasteiger partial charge in [-0.25, -0.2) is 0 Å². The summed E-state index contributed by atoms with van der Waals surface area (Å²) in [5, 5.41) is 3.61. The van der Waals surface area contributed by atoms with Gasteiger partial charge in [0.2, 0.25) is 0 Å². The molecule has 3 nitrogen and oxygen atoms in total. The van der Waals surface area contributed by atoms with Gasteiger partial charge in [-0.15, -0.1) is 0 Å². The first kappa shape index (κ1) is 14.4. The number of hydrogen-bond acceptors (Lipinski definition) is 3. The van der Waals surface area contributed by atoms with E-state index in [0.29, 0.717) is 18.6 Å². The Balaban J connectivity index is 2.30. The van der Waals surface area contributed by atoms with Gasteiger partial charge in [-0.3, -0.25) is 0 Å². The van der Waals surface area contributed by atoms with E-state index in [2.05, 4.69) is 37.4 Å². The standard InChI is InChI=1S/C16H25NO2/c1-4-17-16(13-8-9-18-11-13)14-10-12(3)6-7-15(14)19-5-2/h6-7,10,13,16-17H,4-5,8-9,11H2,1-3H3. The van der Waals surface area contributed by atoms with Crippen LogP contribution in [-0.4, -0.2) is 26.4 Å². The van der Waals surface area contributed by atoms with Crippen LogP contribution >= 0.6 is 0 Å². The molecule has 106 valence electrons. The average Bonchev–Trinajstić information content (AvgIpc) is 2.92. The summed E-state index contributed by atoms with van der Waals surface area (Å²) in [4.78, 5) is 0. The summed E-state index contributed by atoms with van der Waals surface area (Å²) in [5.74, 6) is 1.55. The summed E-state index contributed by atoms with van der Waals surface area (Å²) in [6.45, 7) is 9.70. The second-order valence-electron chi connectivity index (χ2n) is 5.13. The number of nitrogens with one attached hydrogen (secondary N) is 1. The van der Waals surface area contributed by atoms with Crippen LogP contribution in [0.1, 0.15) is 37.4 Å². The second kappa shape index (κ2) is 6.92. The van der Waals surface area contributed by atoms with Crippen LogP contribution in [0.15, 0.2) is 18.2 Å². The lowest BCUT2D eigenvalue weighted by atomic mass is 9.90. The van der Waals surface area contributed by atoms with Crippen molar-refractivity contribution in [3.63, 3.8) is 0 Å². The number of ether oxygens (including phenoxy) is 2. The summed E-state index contributed by atoms with van der Waals surface area (Å²) in [7, 11) is 0. The topological polar surface area (TPSA) is 30.5 Å². The highest BCUT2D eigenvalue weighted by Gasteiger charge is 2.28. The molecule has 1 aliphatic heterocycles. The predicted octanol–water partition coefficient (Wildman–Crippen LogP) is 3.08. The Morgan fingerprint density at radius 3 is 2.89 bits per heavy atom. The van der Waals surface area contributed by atoms with Crippen LogP contribution < -0.4 is 10.1 Å². The van der Waals surface area contributed by atoms with Crippen molar-refractivity contribution in [1.29, 1.82) is 0 Å². The Bertz CT molecular complexity index is 400. The van der Waals surface area contributed by atoms with Crippen LogP contribution in [0.4, 0.5) is 0 Å². The SMILES string of the molecule is CCNC(c1cc(C)ccc1OCC)C1CCOC1. The lowest BCUT2D eigenvalue weighted by molar-refractivity contribution is 0.176. The number of hydrogen-bond donors (Lipinski definition) is 1. The average molecular weight is 263 g/mol. The van der Waals surface area contributed by atoms with E-state index in [-0.39, 0.29) is 0 Å². The molecule has 0 saturated carbocycles. The summed E-state index contributed by atoms with van der Waals surface area (Å²) in [6, 6.07) is 6.78. The molecular weight excluding hydrogens is 238 g/mol. The third kappa shape index (κ3) is 3.48. The van der Waals surface area contributed by atoms with E-state index in [4.69, 9.17) is 9.47 Å². The van der Waals surface area contributed by atoms with Crippen molar-refractivity contribution >= 4 is 0 Å². The Kier molecular flexibility index (Phi) is 5.23. The normalized spacial score (nSPS) is 20.5. The zero-order valence-electron chi connectivity index (χ0n) is 12.2. The lowest BCUT2D eigenvalue weighted by Crippen LogP contribution is -2.29. The van der Waals surface area contributed by atoms with E-state index < -0.39 is 0 Å². The zero-order valence-corrected chi connectivity index (χ0v) is 12.2. The number of benzene rings is 1. The molecule has 1 fully saturated rings. The molecule has 1 aliphatic rings. The van der Waals surface area contributed by atoms with Crippen molar-refractivity contribution in [3.05, 3.63) is 29.3 Å². The van der Waals surface area contributed by atoms with Gasteiger partial charge in [-0.05, 0) is 32.9 Å². The Labute approximate surface area is 116 Å². The van der Waals surface area contributed by atoms with Gasteiger partial charge in [0.05, 0.1) is 13.2 Å². The molecule has 19 heavy (non-hydrogen) atoms. The van der Waals surface area contributed by atoms with Gasteiger partial charge >= 0.3 is 0 Å². The molecule has 0 aliphatic carbocycles. The highest BCUT2D eigenvalue weighted by atomic mass is 16.5. The molecule has 1 aromatic rings. The monoisotopic (exact) mass is 263 g/mol. The van der Waals surface area contributed by atoms with Crippen molar-refractivity contribution in [3.8, 4) is 5.75 Å². The molecule has 1 aromatic carbocycles. The summed E-state index contributed by atoms with van der Waals surface area (Å²) >= 11 is 0. The quantitative estimate of drug-likeness (QED) is 0.855. The van der Waals surface area contributed by atoms with Gasteiger partial charge in [0, 0.05) is 24.1 Å². The highest BCUT2D eigenvalue weighted by Crippen LogP contribution is 2.34. The Hall–Kier alpha value is -1.06. The smallest absolute Gasteiger partial charge is 0.124 e.